The van der Waals surface area contributed by atoms with Gasteiger partial charge >= 0.3 is 0 Å². The first-order valence-electron chi connectivity index (χ1n) is 12.2. The number of ether oxygens (including phenoxy) is 2. The molecule has 0 saturated heterocycles. The van der Waals surface area contributed by atoms with Crippen LogP contribution >= 0.6 is 39.1 Å². The van der Waals surface area contributed by atoms with Gasteiger partial charge in [-0.3, -0.25) is 4.79 Å². The van der Waals surface area contributed by atoms with Crippen LogP contribution in [0.5, 0.6) is 11.5 Å². The van der Waals surface area contributed by atoms with E-state index in [0.29, 0.717) is 48.8 Å². The number of aryl methyl sites for hydroxylation is 2. The van der Waals surface area contributed by atoms with Gasteiger partial charge in [0.2, 0.25) is 5.95 Å². The number of allylic oxidation sites excluding steroid dienone is 1. The highest BCUT2D eigenvalue weighted by Gasteiger charge is 2.35. The van der Waals surface area contributed by atoms with Crippen molar-refractivity contribution in [3.05, 3.63) is 96.6 Å². The third-order valence-corrected chi connectivity index (χ3v) is 7.85. The first kappa shape index (κ1) is 27.9. The van der Waals surface area contributed by atoms with Gasteiger partial charge in [0, 0.05) is 11.4 Å². The summed E-state index contributed by atoms with van der Waals surface area (Å²) in [6.07, 6.45) is 0. The molecule has 1 atom stereocenters. The number of carbonyl (C=O) groups is 1. The molecule has 206 valence electrons. The average molecular weight is 644 g/mol. The van der Waals surface area contributed by atoms with Crippen LogP contribution in [0.4, 0.5) is 11.6 Å². The van der Waals surface area contributed by atoms with E-state index in [-0.39, 0.29) is 12.5 Å². The van der Waals surface area contributed by atoms with Crippen molar-refractivity contribution in [2.45, 2.75) is 33.4 Å². The van der Waals surface area contributed by atoms with Crippen LogP contribution in [0.2, 0.25) is 10.0 Å². The van der Waals surface area contributed by atoms with Crippen molar-refractivity contribution < 1.29 is 14.3 Å². The van der Waals surface area contributed by atoms with E-state index in [1.165, 1.54) is 0 Å². The molecule has 0 spiro atoms. The van der Waals surface area contributed by atoms with Gasteiger partial charge in [0.05, 0.1) is 27.2 Å². The molecule has 1 aromatic heterocycles. The first-order valence-corrected chi connectivity index (χ1v) is 13.8. The molecule has 3 aromatic carbocycles. The maximum atomic E-state index is 13.8. The van der Waals surface area contributed by atoms with Gasteiger partial charge < -0.3 is 20.1 Å². The maximum absolute atomic E-state index is 13.8. The number of aromatic nitrogens is 4. The maximum Gasteiger partial charge on any atom is 0.255 e. The molecule has 1 aliphatic rings. The van der Waals surface area contributed by atoms with Crippen LogP contribution in [-0.4, -0.2) is 33.2 Å². The molecule has 1 aliphatic heterocycles. The Bertz CT molecular complexity index is 1660. The zero-order chi connectivity index (χ0) is 28.6. The van der Waals surface area contributed by atoms with Gasteiger partial charge in [0.15, 0.2) is 11.5 Å². The molecule has 0 bridgehead atoms. The number of halogens is 3. The number of hydrogen-bond donors (Lipinski definition) is 2. The van der Waals surface area contributed by atoms with Crippen molar-refractivity contribution in [2.75, 3.05) is 17.7 Å². The number of amides is 1. The topological polar surface area (TPSA) is 103 Å². The summed E-state index contributed by atoms with van der Waals surface area (Å²) >= 11 is 15.8. The Morgan fingerprint density at radius 1 is 1.10 bits per heavy atom. The number of nitrogens with zero attached hydrogens (tertiary/aromatic N) is 4. The van der Waals surface area contributed by atoms with Gasteiger partial charge in [0.1, 0.15) is 12.6 Å². The van der Waals surface area contributed by atoms with Gasteiger partial charge in [0.25, 0.3) is 5.91 Å². The molecule has 0 aliphatic carbocycles. The lowest BCUT2D eigenvalue weighted by Gasteiger charge is -2.29. The number of nitrogens with one attached hydrogen (secondary N) is 2. The molecular formula is C28H25BrCl2N6O3. The van der Waals surface area contributed by atoms with Gasteiger partial charge in [-0.2, -0.15) is 4.68 Å². The van der Waals surface area contributed by atoms with Crippen molar-refractivity contribution >= 4 is 56.7 Å². The zero-order valence-electron chi connectivity index (χ0n) is 22.1. The number of benzene rings is 3. The van der Waals surface area contributed by atoms with E-state index < -0.39 is 6.04 Å². The summed E-state index contributed by atoms with van der Waals surface area (Å²) in [7, 11) is 1.55. The Morgan fingerprint density at radius 3 is 2.62 bits per heavy atom. The predicted molar refractivity (Wildman–Crippen MR) is 158 cm³/mol. The van der Waals surface area contributed by atoms with Gasteiger partial charge in [-0.25, -0.2) is 0 Å². The highest BCUT2D eigenvalue weighted by molar-refractivity contribution is 9.10. The highest BCUT2D eigenvalue weighted by atomic mass is 79.9. The smallest absolute Gasteiger partial charge is 0.255 e. The van der Waals surface area contributed by atoms with Gasteiger partial charge in [-0.15, -0.1) is 0 Å². The van der Waals surface area contributed by atoms with E-state index in [1.54, 1.807) is 23.9 Å². The molecule has 9 nitrogen and oxygen atoms in total. The van der Waals surface area contributed by atoms with Crippen LogP contribution in [0.3, 0.4) is 0 Å². The molecule has 4 aromatic rings. The van der Waals surface area contributed by atoms with Crippen molar-refractivity contribution in [1.29, 1.82) is 0 Å². The highest BCUT2D eigenvalue weighted by Crippen LogP contribution is 2.43. The molecule has 0 fully saturated rings. The van der Waals surface area contributed by atoms with E-state index in [1.807, 2.05) is 57.2 Å². The Labute approximate surface area is 249 Å². The monoisotopic (exact) mass is 642 g/mol. The van der Waals surface area contributed by atoms with Crippen LogP contribution in [0, 0.1) is 13.8 Å². The van der Waals surface area contributed by atoms with Crippen molar-refractivity contribution in [2.24, 2.45) is 0 Å². The number of tetrazole rings is 1. The Balaban J connectivity index is 1.51. The average Bonchev–Trinajstić information content (AvgIpc) is 3.38. The number of hydrogen-bond acceptors (Lipinski definition) is 7. The Kier molecular flexibility index (Phi) is 8.02. The summed E-state index contributed by atoms with van der Waals surface area (Å²) < 4.78 is 14.0. The van der Waals surface area contributed by atoms with E-state index in [4.69, 9.17) is 32.7 Å². The van der Waals surface area contributed by atoms with Gasteiger partial charge in [-0.05, 0) is 94.2 Å². The molecular weight excluding hydrogens is 619 g/mol. The summed E-state index contributed by atoms with van der Waals surface area (Å²) in [6, 6.07) is 14.2. The summed E-state index contributed by atoms with van der Waals surface area (Å²) in [5, 5.41) is 19.2. The summed E-state index contributed by atoms with van der Waals surface area (Å²) in [5.41, 5.74) is 5.44. The molecule has 5 rings (SSSR count). The second-order valence-electron chi connectivity index (χ2n) is 9.36. The lowest BCUT2D eigenvalue weighted by atomic mass is 9.94. The predicted octanol–water partition coefficient (Wildman–Crippen LogP) is 6.87. The molecule has 2 N–H and O–H groups in total. The number of methoxy groups -OCH3 is 1. The third-order valence-electron chi connectivity index (χ3n) is 6.52. The Morgan fingerprint density at radius 2 is 1.90 bits per heavy atom. The summed E-state index contributed by atoms with van der Waals surface area (Å²) in [6.45, 7) is 6.02. The number of anilines is 2. The molecule has 1 amide bonds. The number of fused-ring (bicyclic) bond motifs is 1. The molecule has 12 heteroatoms. The fourth-order valence-electron chi connectivity index (χ4n) is 4.58. The second kappa shape index (κ2) is 11.5. The summed E-state index contributed by atoms with van der Waals surface area (Å²) in [4.78, 5) is 13.8. The number of carbonyl (C=O) groups excluding carboxylic acids is 1. The van der Waals surface area contributed by atoms with Crippen molar-refractivity contribution in [3.63, 3.8) is 0 Å². The van der Waals surface area contributed by atoms with Crippen molar-refractivity contribution in [1.82, 2.24) is 20.2 Å². The zero-order valence-corrected chi connectivity index (χ0v) is 25.1. The van der Waals surface area contributed by atoms with E-state index >= 15 is 0 Å². The molecule has 40 heavy (non-hydrogen) atoms. The normalized spacial score (nSPS) is 14.4. The molecule has 1 unspecified atom stereocenters. The second-order valence-corrected chi connectivity index (χ2v) is 11.0. The van der Waals surface area contributed by atoms with Crippen LogP contribution in [-0.2, 0) is 11.4 Å². The van der Waals surface area contributed by atoms with E-state index in [0.717, 1.165) is 22.4 Å². The lowest BCUT2D eigenvalue weighted by molar-refractivity contribution is -0.113. The Hall–Kier alpha value is -3.60. The largest absolute Gasteiger partial charge is 0.493 e. The van der Waals surface area contributed by atoms with Crippen LogP contribution in [0.25, 0.3) is 0 Å². The summed E-state index contributed by atoms with van der Waals surface area (Å²) in [5.74, 6) is 1.09. The fourth-order valence-corrected chi connectivity index (χ4v) is 5.48. The standard InChI is InChI=1S/C28H25BrCl2N6O3/c1-14-5-8-22(15(2)9-14)33-27(38)24-16(3)32-28-34-35-36-37(28)25(24)18-11-19(29)26(23(12-18)39-4)40-13-17-6-7-20(30)21(31)10-17/h5-12,25H,13H2,1-4H3,(H,33,38)(H,32,34,36). The molecule has 2 heterocycles. The van der Waals surface area contributed by atoms with Crippen LogP contribution < -0.4 is 20.1 Å². The van der Waals surface area contributed by atoms with Crippen LogP contribution in [0.1, 0.15) is 35.2 Å². The van der Waals surface area contributed by atoms with E-state index in [9.17, 15) is 4.79 Å². The molecule has 0 saturated carbocycles. The first-order chi connectivity index (χ1) is 19.2. The minimum Gasteiger partial charge on any atom is -0.493 e. The third kappa shape index (κ3) is 5.52. The number of rotatable bonds is 7. The van der Waals surface area contributed by atoms with Crippen molar-refractivity contribution in [3.8, 4) is 11.5 Å². The van der Waals surface area contributed by atoms with E-state index in [2.05, 4.69) is 42.1 Å². The minimum atomic E-state index is -0.647. The quantitative estimate of drug-likeness (QED) is 0.226. The van der Waals surface area contributed by atoms with Gasteiger partial charge in [-0.1, -0.05) is 52.1 Å². The molecule has 0 radical (unpaired) electrons. The lowest BCUT2D eigenvalue weighted by Crippen LogP contribution is -2.31. The minimum absolute atomic E-state index is 0.234. The fraction of sp³-hybridized carbons (Fsp3) is 0.214. The van der Waals surface area contributed by atoms with Crippen LogP contribution in [0.15, 0.2) is 64.3 Å². The SMILES string of the molecule is COc1cc(C2C(C(=O)Nc3ccc(C)cc3C)=C(C)Nc3nnnn32)cc(Br)c1OCc1ccc(Cl)c(Cl)c1.